The molecule has 1 heterocycles. The number of hydrogen-bond acceptors (Lipinski definition) is 3. The van der Waals surface area contributed by atoms with E-state index in [4.69, 9.17) is 0 Å². The van der Waals surface area contributed by atoms with Crippen molar-refractivity contribution in [3.63, 3.8) is 0 Å². The highest BCUT2D eigenvalue weighted by atomic mass is 15.2. The Balaban J connectivity index is 1.44. The molecule has 19 heavy (non-hydrogen) atoms. The van der Waals surface area contributed by atoms with Crippen molar-refractivity contribution in [3.8, 4) is 0 Å². The molecule has 1 aliphatic heterocycles. The Morgan fingerprint density at radius 3 is 2.37 bits per heavy atom. The average molecular weight is 267 g/mol. The molecule has 2 rings (SSSR count). The summed E-state index contributed by atoms with van der Waals surface area (Å²) in [4.78, 5) is 5.04. The van der Waals surface area contributed by atoms with E-state index in [-0.39, 0.29) is 0 Å². The summed E-state index contributed by atoms with van der Waals surface area (Å²) in [5.74, 6) is 1.94. The lowest BCUT2D eigenvalue weighted by atomic mass is 9.83. The van der Waals surface area contributed by atoms with Crippen LogP contribution in [-0.4, -0.2) is 62.7 Å². The van der Waals surface area contributed by atoms with Gasteiger partial charge < -0.3 is 15.1 Å². The Morgan fingerprint density at radius 1 is 1.00 bits per heavy atom. The second-order valence-corrected chi connectivity index (χ2v) is 6.83. The average Bonchev–Trinajstić information content (AvgIpc) is 2.43. The first-order valence-electron chi connectivity index (χ1n) is 8.35. The van der Waals surface area contributed by atoms with Crippen LogP contribution < -0.4 is 5.32 Å². The molecule has 3 heteroatoms. The summed E-state index contributed by atoms with van der Waals surface area (Å²) in [6, 6.07) is 0. The van der Waals surface area contributed by atoms with Crippen LogP contribution in [0, 0.1) is 11.8 Å². The molecule has 1 saturated heterocycles. The molecule has 1 aliphatic carbocycles. The summed E-state index contributed by atoms with van der Waals surface area (Å²) in [5, 5.41) is 3.68. The molecule has 0 amide bonds. The molecule has 112 valence electrons. The van der Waals surface area contributed by atoms with E-state index in [0.717, 1.165) is 11.8 Å². The Hall–Kier alpha value is -0.120. The molecule has 3 nitrogen and oxygen atoms in total. The van der Waals surface area contributed by atoms with E-state index in [2.05, 4.69) is 29.1 Å². The van der Waals surface area contributed by atoms with E-state index in [1.54, 1.807) is 0 Å². The molecule has 0 aromatic heterocycles. The smallest absolute Gasteiger partial charge is 0.0110 e. The van der Waals surface area contributed by atoms with Gasteiger partial charge in [0.1, 0.15) is 0 Å². The van der Waals surface area contributed by atoms with Crippen molar-refractivity contribution in [1.82, 2.24) is 15.1 Å². The molecule has 0 spiro atoms. The highest BCUT2D eigenvalue weighted by molar-refractivity contribution is 4.72. The van der Waals surface area contributed by atoms with Gasteiger partial charge in [0.2, 0.25) is 0 Å². The molecular formula is C16H33N3. The highest BCUT2D eigenvalue weighted by Crippen LogP contribution is 2.27. The van der Waals surface area contributed by atoms with Crippen molar-refractivity contribution in [1.29, 1.82) is 0 Å². The second-order valence-electron chi connectivity index (χ2n) is 6.83. The molecule has 1 N–H and O–H groups in total. The van der Waals surface area contributed by atoms with Crippen molar-refractivity contribution in [3.05, 3.63) is 0 Å². The van der Waals surface area contributed by atoms with E-state index in [0.29, 0.717) is 0 Å². The normalized spacial score (nSPS) is 30.6. The molecule has 0 atom stereocenters. The Morgan fingerprint density at radius 2 is 1.68 bits per heavy atom. The molecule has 0 unspecified atom stereocenters. The van der Waals surface area contributed by atoms with Crippen molar-refractivity contribution in [2.24, 2.45) is 11.8 Å². The van der Waals surface area contributed by atoms with E-state index in [1.807, 2.05) is 0 Å². The van der Waals surface area contributed by atoms with Crippen LogP contribution in [0.5, 0.6) is 0 Å². The highest BCUT2D eigenvalue weighted by Gasteiger charge is 2.17. The molecule has 2 fully saturated rings. The van der Waals surface area contributed by atoms with Gasteiger partial charge in [0.15, 0.2) is 0 Å². The van der Waals surface area contributed by atoms with Gasteiger partial charge in [0, 0.05) is 26.2 Å². The fourth-order valence-electron chi connectivity index (χ4n) is 3.34. The third-order valence-electron chi connectivity index (χ3n) is 4.99. The number of likely N-dealkylation sites (N-methyl/N-ethyl adjacent to an activating group) is 1. The monoisotopic (exact) mass is 267 g/mol. The summed E-state index contributed by atoms with van der Waals surface area (Å²) in [7, 11) is 2.23. The molecule has 1 saturated carbocycles. The van der Waals surface area contributed by atoms with Crippen LogP contribution in [0.3, 0.4) is 0 Å². The van der Waals surface area contributed by atoms with Gasteiger partial charge in [-0.05, 0) is 57.8 Å². The maximum absolute atomic E-state index is 3.68. The van der Waals surface area contributed by atoms with Gasteiger partial charge in [0.25, 0.3) is 0 Å². The molecule has 2 aliphatic rings. The van der Waals surface area contributed by atoms with E-state index in [1.165, 1.54) is 77.9 Å². The molecule has 0 bridgehead atoms. The zero-order valence-electron chi connectivity index (χ0n) is 13.0. The van der Waals surface area contributed by atoms with E-state index in [9.17, 15) is 0 Å². The summed E-state index contributed by atoms with van der Waals surface area (Å²) >= 11 is 0. The lowest BCUT2D eigenvalue weighted by molar-refractivity contribution is 0.152. The van der Waals surface area contributed by atoms with Crippen LogP contribution in [0.2, 0.25) is 0 Å². The second kappa shape index (κ2) is 8.23. The van der Waals surface area contributed by atoms with E-state index < -0.39 is 0 Å². The third-order valence-corrected chi connectivity index (χ3v) is 4.99. The summed E-state index contributed by atoms with van der Waals surface area (Å²) in [6.45, 7) is 11.2. The van der Waals surface area contributed by atoms with Crippen LogP contribution in [0.15, 0.2) is 0 Å². The number of hydrogen-bond donors (Lipinski definition) is 1. The molecule has 0 radical (unpaired) electrons. The standard InChI is InChI=1S/C16H33N3/c1-15-4-6-16(7-5-15)14-17-8-3-9-19-12-10-18(2)11-13-19/h15-17H,3-14H2,1-2H3. The first-order valence-corrected chi connectivity index (χ1v) is 8.35. The number of rotatable bonds is 6. The molecular weight excluding hydrogens is 234 g/mol. The van der Waals surface area contributed by atoms with Gasteiger partial charge in [-0.3, -0.25) is 0 Å². The summed E-state index contributed by atoms with van der Waals surface area (Å²) in [6.07, 6.45) is 7.12. The van der Waals surface area contributed by atoms with Crippen molar-refractivity contribution in [2.45, 2.75) is 39.0 Å². The van der Waals surface area contributed by atoms with Gasteiger partial charge in [-0.15, -0.1) is 0 Å². The van der Waals surface area contributed by atoms with Gasteiger partial charge >= 0.3 is 0 Å². The van der Waals surface area contributed by atoms with Gasteiger partial charge in [-0.2, -0.15) is 0 Å². The Labute approximate surface area is 119 Å². The first kappa shape index (κ1) is 15.3. The predicted molar refractivity (Wildman–Crippen MR) is 82.5 cm³/mol. The minimum atomic E-state index is 0.958. The van der Waals surface area contributed by atoms with E-state index >= 15 is 0 Å². The molecule has 0 aromatic rings. The SMILES string of the molecule is CC1CCC(CNCCCN2CCN(C)CC2)CC1. The minimum Gasteiger partial charge on any atom is -0.316 e. The summed E-state index contributed by atoms with van der Waals surface area (Å²) < 4.78 is 0. The predicted octanol–water partition coefficient (Wildman–Crippen LogP) is 2.04. The number of nitrogens with zero attached hydrogens (tertiary/aromatic N) is 2. The largest absolute Gasteiger partial charge is 0.316 e. The third kappa shape index (κ3) is 5.80. The maximum Gasteiger partial charge on any atom is 0.0110 e. The number of nitrogens with one attached hydrogen (secondary N) is 1. The minimum absolute atomic E-state index is 0.958. The fourth-order valence-corrected chi connectivity index (χ4v) is 3.34. The first-order chi connectivity index (χ1) is 9.24. The van der Waals surface area contributed by atoms with Crippen LogP contribution in [0.4, 0.5) is 0 Å². The Bertz CT molecular complexity index is 204. The van der Waals surface area contributed by atoms with Gasteiger partial charge in [-0.1, -0.05) is 19.8 Å². The van der Waals surface area contributed by atoms with Crippen LogP contribution in [0.25, 0.3) is 0 Å². The van der Waals surface area contributed by atoms with Crippen LogP contribution >= 0.6 is 0 Å². The topological polar surface area (TPSA) is 18.5 Å². The van der Waals surface area contributed by atoms with Gasteiger partial charge in [-0.25, -0.2) is 0 Å². The lowest BCUT2D eigenvalue weighted by Gasteiger charge is -2.32. The fraction of sp³-hybridized carbons (Fsp3) is 1.00. The maximum atomic E-state index is 3.68. The van der Waals surface area contributed by atoms with Crippen molar-refractivity contribution >= 4 is 0 Å². The zero-order chi connectivity index (χ0) is 13.5. The van der Waals surface area contributed by atoms with Gasteiger partial charge in [0.05, 0.1) is 0 Å². The molecule has 0 aromatic carbocycles. The summed E-state index contributed by atoms with van der Waals surface area (Å²) in [5.41, 5.74) is 0. The Kier molecular flexibility index (Phi) is 6.62. The van der Waals surface area contributed by atoms with Crippen LogP contribution in [-0.2, 0) is 0 Å². The van der Waals surface area contributed by atoms with Crippen molar-refractivity contribution < 1.29 is 0 Å². The van der Waals surface area contributed by atoms with Crippen molar-refractivity contribution in [2.75, 3.05) is 52.9 Å². The lowest BCUT2D eigenvalue weighted by Crippen LogP contribution is -2.45. The number of piperazine rings is 1. The quantitative estimate of drug-likeness (QED) is 0.743. The zero-order valence-corrected chi connectivity index (χ0v) is 13.0. The van der Waals surface area contributed by atoms with Crippen LogP contribution in [0.1, 0.15) is 39.0 Å².